The van der Waals surface area contributed by atoms with Crippen molar-refractivity contribution >= 4 is 5.91 Å². The summed E-state index contributed by atoms with van der Waals surface area (Å²) < 4.78 is 7.77. The average molecular weight is 426 g/mol. The smallest absolute Gasteiger partial charge is 0.249 e. The Balaban J connectivity index is 1.36. The minimum absolute atomic E-state index is 0.119. The zero-order valence-electron chi connectivity index (χ0n) is 18.1. The molecule has 32 heavy (non-hydrogen) atoms. The number of hydrogen-bond donors (Lipinski definition) is 1. The fourth-order valence-electron chi connectivity index (χ4n) is 3.53. The largest absolute Gasteiger partial charge is 0.364 e. The van der Waals surface area contributed by atoms with Crippen LogP contribution in [0.4, 0.5) is 0 Å². The summed E-state index contributed by atoms with van der Waals surface area (Å²) in [7, 11) is 0. The Bertz CT molecular complexity index is 1120. The number of aromatic nitrogens is 2. The summed E-state index contributed by atoms with van der Waals surface area (Å²) >= 11 is 0. The highest BCUT2D eigenvalue weighted by atomic mass is 16.5. The molecule has 3 aromatic carbocycles. The van der Waals surface area contributed by atoms with E-state index >= 15 is 0 Å². The number of carbonyl (C=O) groups excluding carboxylic acids is 1. The molecule has 0 aliphatic heterocycles. The Kier molecular flexibility index (Phi) is 7.10. The van der Waals surface area contributed by atoms with Gasteiger partial charge >= 0.3 is 0 Å². The predicted molar refractivity (Wildman–Crippen MR) is 126 cm³/mol. The number of nitrogens with zero attached hydrogens (tertiary/aromatic N) is 2. The summed E-state index contributed by atoms with van der Waals surface area (Å²) in [5.74, 6) is -0.119. The van der Waals surface area contributed by atoms with E-state index in [4.69, 9.17) is 4.74 Å². The quantitative estimate of drug-likeness (QED) is 0.418. The lowest BCUT2D eigenvalue weighted by Gasteiger charge is -2.15. The third-order valence-electron chi connectivity index (χ3n) is 5.37. The Morgan fingerprint density at radius 1 is 0.969 bits per heavy atom. The molecule has 0 radical (unpaired) electrons. The van der Waals surface area contributed by atoms with Crippen molar-refractivity contribution in [3.05, 3.63) is 114 Å². The Morgan fingerprint density at radius 3 is 2.47 bits per heavy atom. The molecule has 0 spiro atoms. The van der Waals surface area contributed by atoms with Gasteiger partial charge in [0.2, 0.25) is 5.91 Å². The lowest BCUT2D eigenvalue weighted by Crippen LogP contribution is -2.34. The molecule has 1 aromatic heterocycles. The van der Waals surface area contributed by atoms with Crippen molar-refractivity contribution in [2.75, 3.05) is 0 Å². The van der Waals surface area contributed by atoms with E-state index in [0.29, 0.717) is 13.2 Å². The summed E-state index contributed by atoms with van der Waals surface area (Å²) in [4.78, 5) is 16.6. The van der Waals surface area contributed by atoms with E-state index in [1.54, 1.807) is 13.1 Å². The highest BCUT2D eigenvalue weighted by molar-refractivity contribution is 5.80. The van der Waals surface area contributed by atoms with Crippen LogP contribution in [0.3, 0.4) is 0 Å². The molecule has 0 bridgehead atoms. The zero-order valence-corrected chi connectivity index (χ0v) is 18.1. The number of nitrogens with one attached hydrogen (secondary N) is 1. The van der Waals surface area contributed by atoms with Gasteiger partial charge in [-0.3, -0.25) is 4.79 Å². The van der Waals surface area contributed by atoms with Gasteiger partial charge in [-0.2, -0.15) is 0 Å². The molecule has 0 aliphatic carbocycles. The van der Waals surface area contributed by atoms with Crippen LogP contribution in [0.5, 0.6) is 0 Å². The van der Waals surface area contributed by atoms with E-state index in [1.165, 1.54) is 5.56 Å². The molecule has 1 amide bonds. The number of hydrogen-bond acceptors (Lipinski definition) is 3. The van der Waals surface area contributed by atoms with E-state index < -0.39 is 6.10 Å². The van der Waals surface area contributed by atoms with Crippen LogP contribution in [0.1, 0.15) is 23.6 Å². The van der Waals surface area contributed by atoms with Crippen LogP contribution in [-0.4, -0.2) is 21.6 Å². The van der Waals surface area contributed by atoms with E-state index in [1.807, 2.05) is 65.6 Å². The second-order valence-corrected chi connectivity index (χ2v) is 7.75. The van der Waals surface area contributed by atoms with Gasteiger partial charge in [0.15, 0.2) is 0 Å². The predicted octanol–water partition coefficient (Wildman–Crippen LogP) is 4.82. The van der Waals surface area contributed by atoms with Gasteiger partial charge in [-0.25, -0.2) is 4.98 Å². The number of ether oxygens (including phenoxy) is 1. The third kappa shape index (κ3) is 5.71. The van der Waals surface area contributed by atoms with Crippen LogP contribution in [0.2, 0.25) is 0 Å². The summed E-state index contributed by atoms with van der Waals surface area (Å²) in [6.07, 6.45) is 5.03. The molecular weight excluding hydrogens is 398 g/mol. The van der Waals surface area contributed by atoms with E-state index in [-0.39, 0.29) is 5.91 Å². The molecule has 4 aromatic rings. The second kappa shape index (κ2) is 10.6. The van der Waals surface area contributed by atoms with Gasteiger partial charge in [0.1, 0.15) is 6.10 Å². The van der Waals surface area contributed by atoms with Crippen molar-refractivity contribution in [1.82, 2.24) is 14.9 Å². The molecule has 0 fully saturated rings. The first-order valence-electron chi connectivity index (χ1n) is 10.8. The molecule has 0 aliphatic rings. The molecule has 1 atom stereocenters. The van der Waals surface area contributed by atoms with Crippen molar-refractivity contribution in [2.45, 2.75) is 32.7 Å². The van der Waals surface area contributed by atoms with Gasteiger partial charge in [0, 0.05) is 25.5 Å². The van der Waals surface area contributed by atoms with Crippen molar-refractivity contribution in [2.24, 2.45) is 0 Å². The number of benzene rings is 3. The molecule has 0 saturated carbocycles. The van der Waals surface area contributed by atoms with Gasteiger partial charge in [-0.15, -0.1) is 0 Å². The molecule has 1 heterocycles. The second-order valence-electron chi connectivity index (χ2n) is 7.75. The van der Waals surface area contributed by atoms with Gasteiger partial charge in [-0.05, 0) is 34.7 Å². The van der Waals surface area contributed by atoms with Crippen LogP contribution in [0, 0.1) is 0 Å². The number of imidazole rings is 1. The first kappa shape index (κ1) is 21.5. The van der Waals surface area contributed by atoms with Crippen LogP contribution >= 0.6 is 0 Å². The number of amides is 1. The van der Waals surface area contributed by atoms with Gasteiger partial charge in [0.25, 0.3) is 0 Å². The van der Waals surface area contributed by atoms with Gasteiger partial charge in [0.05, 0.1) is 12.9 Å². The maximum atomic E-state index is 12.5. The van der Waals surface area contributed by atoms with Crippen molar-refractivity contribution in [3.8, 4) is 11.1 Å². The lowest BCUT2D eigenvalue weighted by molar-refractivity contribution is -0.132. The Morgan fingerprint density at radius 2 is 1.72 bits per heavy atom. The SMILES string of the molecule is CC(OCc1ccccc1)C(=O)NCc1ccccc1-c1ccc(Cn2ccnc2)cc1. The molecule has 5 heteroatoms. The molecule has 4 rings (SSSR count). The van der Waals surface area contributed by atoms with Crippen LogP contribution in [0.25, 0.3) is 11.1 Å². The highest BCUT2D eigenvalue weighted by Crippen LogP contribution is 2.24. The standard InChI is InChI=1S/C27H27N3O2/c1-21(32-19-23-7-3-2-4-8-23)27(31)29-17-25-9-5-6-10-26(25)24-13-11-22(12-14-24)18-30-16-15-28-20-30/h2-16,20-21H,17-19H2,1H3,(H,29,31). The number of rotatable bonds is 9. The molecule has 5 nitrogen and oxygen atoms in total. The van der Waals surface area contributed by atoms with Gasteiger partial charge < -0.3 is 14.6 Å². The minimum atomic E-state index is -0.523. The molecule has 1 unspecified atom stereocenters. The van der Waals surface area contributed by atoms with Crippen molar-refractivity contribution in [3.63, 3.8) is 0 Å². The first-order chi connectivity index (χ1) is 15.7. The third-order valence-corrected chi connectivity index (χ3v) is 5.37. The first-order valence-corrected chi connectivity index (χ1v) is 10.8. The maximum Gasteiger partial charge on any atom is 0.249 e. The van der Waals surface area contributed by atoms with E-state index in [2.05, 4.69) is 40.6 Å². The monoisotopic (exact) mass is 425 g/mol. The molecule has 162 valence electrons. The fourth-order valence-corrected chi connectivity index (χ4v) is 3.53. The average Bonchev–Trinajstić information content (AvgIpc) is 3.35. The number of carbonyl (C=O) groups is 1. The summed E-state index contributed by atoms with van der Waals surface area (Å²) in [5, 5.41) is 3.01. The van der Waals surface area contributed by atoms with Crippen LogP contribution in [0.15, 0.2) is 97.6 Å². The van der Waals surface area contributed by atoms with Crippen molar-refractivity contribution < 1.29 is 9.53 Å². The highest BCUT2D eigenvalue weighted by Gasteiger charge is 2.14. The van der Waals surface area contributed by atoms with Gasteiger partial charge in [-0.1, -0.05) is 78.9 Å². The zero-order chi connectivity index (χ0) is 22.2. The summed E-state index contributed by atoms with van der Waals surface area (Å²) in [6.45, 7) is 3.43. The van der Waals surface area contributed by atoms with E-state index in [9.17, 15) is 4.79 Å². The normalized spacial score (nSPS) is 11.8. The fraction of sp³-hybridized carbons (Fsp3) is 0.185. The molecule has 1 N–H and O–H groups in total. The van der Waals surface area contributed by atoms with Crippen molar-refractivity contribution in [1.29, 1.82) is 0 Å². The van der Waals surface area contributed by atoms with Crippen LogP contribution in [-0.2, 0) is 29.2 Å². The topological polar surface area (TPSA) is 56.1 Å². The summed E-state index contributed by atoms with van der Waals surface area (Å²) in [6, 6.07) is 26.5. The Labute approximate surface area is 188 Å². The van der Waals surface area contributed by atoms with Crippen LogP contribution < -0.4 is 5.32 Å². The van der Waals surface area contributed by atoms with E-state index in [0.717, 1.165) is 28.8 Å². The minimum Gasteiger partial charge on any atom is -0.364 e. The lowest BCUT2D eigenvalue weighted by atomic mass is 9.98. The maximum absolute atomic E-state index is 12.5. The Hall–Kier alpha value is -3.70. The summed E-state index contributed by atoms with van der Waals surface area (Å²) in [5.41, 5.74) is 5.56. The molecular formula is C27H27N3O2. The molecule has 0 saturated heterocycles.